The van der Waals surface area contributed by atoms with Crippen LogP contribution in [-0.2, 0) is 11.8 Å². The minimum absolute atomic E-state index is 0.239. The Hall–Kier alpha value is -1.08. The molecule has 0 aromatic carbocycles. The Labute approximate surface area is 111 Å². The molecule has 1 saturated heterocycles. The maximum absolute atomic E-state index is 11.9. The van der Waals surface area contributed by atoms with Gasteiger partial charge >= 0.3 is 0 Å². The lowest BCUT2D eigenvalue weighted by atomic mass is 10.3. The summed E-state index contributed by atoms with van der Waals surface area (Å²) in [5.74, 6) is 1.89. The molecule has 0 unspecified atom stereocenters. The van der Waals surface area contributed by atoms with Gasteiger partial charge in [-0.05, 0) is 6.92 Å². The van der Waals surface area contributed by atoms with Gasteiger partial charge in [0.15, 0.2) is 5.16 Å². The average Bonchev–Trinajstić information content (AvgIpc) is 2.71. The predicted molar refractivity (Wildman–Crippen MR) is 70.5 cm³/mol. The van der Waals surface area contributed by atoms with Gasteiger partial charge in [-0.1, -0.05) is 11.8 Å². The molecule has 1 aromatic rings. The Balaban J connectivity index is 1.74. The third kappa shape index (κ3) is 3.23. The quantitative estimate of drug-likeness (QED) is 0.782. The summed E-state index contributed by atoms with van der Waals surface area (Å²) in [5.41, 5.74) is 0. The van der Waals surface area contributed by atoms with Gasteiger partial charge in [-0.25, -0.2) is 0 Å². The topological polar surface area (TPSA) is 63.1 Å². The number of hydrogen-bond acceptors (Lipinski definition) is 5. The fourth-order valence-electron chi connectivity index (χ4n) is 1.82. The van der Waals surface area contributed by atoms with E-state index in [1.807, 2.05) is 23.4 Å². The number of aryl methyl sites for hydroxylation is 1. The van der Waals surface area contributed by atoms with Crippen molar-refractivity contribution in [3.8, 4) is 0 Å². The SMILES string of the molecule is Cc1nnc(SCCC(=O)N2CCNCC2)n1C. The number of nitrogens with one attached hydrogen (secondary N) is 1. The summed E-state index contributed by atoms with van der Waals surface area (Å²) >= 11 is 1.59. The highest BCUT2D eigenvalue weighted by Gasteiger charge is 2.16. The standard InChI is InChI=1S/C11H19N5OS/c1-9-13-14-11(15(9)2)18-8-3-10(17)16-6-4-12-5-7-16/h12H,3-8H2,1-2H3. The largest absolute Gasteiger partial charge is 0.340 e. The van der Waals surface area contributed by atoms with E-state index in [9.17, 15) is 4.79 Å². The first-order valence-corrected chi connectivity index (χ1v) is 7.14. The highest BCUT2D eigenvalue weighted by Crippen LogP contribution is 2.16. The lowest BCUT2D eigenvalue weighted by Crippen LogP contribution is -2.46. The van der Waals surface area contributed by atoms with Crippen LogP contribution in [0.2, 0.25) is 0 Å². The van der Waals surface area contributed by atoms with Crippen LogP contribution in [0.3, 0.4) is 0 Å². The molecule has 2 rings (SSSR count). The Morgan fingerprint density at radius 3 is 2.72 bits per heavy atom. The molecule has 1 amide bonds. The van der Waals surface area contributed by atoms with E-state index in [-0.39, 0.29) is 5.91 Å². The molecule has 18 heavy (non-hydrogen) atoms. The molecule has 0 radical (unpaired) electrons. The molecule has 1 fully saturated rings. The zero-order chi connectivity index (χ0) is 13.0. The molecule has 100 valence electrons. The zero-order valence-electron chi connectivity index (χ0n) is 10.8. The van der Waals surface area contributed by atoms with Gasteiger partial charge in [0.25, 0.3) is 0 Å². The van der Waals surface area contributed by atoms with Crippen molar-refractivity contribution in [3.05, 3.63) is 5.82 Å². The number of nitrogens with zero attached hydrogens (tertiary/aromatic N) is 4. The van der Waals surface area contributed by atoms with E-state index in [4.69, 9.17) is 0 Å². The maximum Gasteiger partial charge on any atom is 0.223 e. The van der Waals surface area contributed by atoms with Crippen LogP contribution >= 0.6 is 11.8 Å². The van der Waals surface area contributed by atoms with Crippen LogP contribution in [0.4, 0.5) is 0 Å². The van der Waals surface area contributed by atoms with Gasteiger partial charge in [0.2, 0.25) is 5.91 Å². The smallest absolute Gasteiger partial charge is 0.223 e. The Morgan fingerprint density at radius 1 is 1.39 bits per heavy atom. The second-order valence-corrected chi connectivity index (χ2v) is 5.38. The summed E-state index contributed by atoms with van der Waals surface area (Å²) in [6.45, 7) is 5.38. The normalized spacial score (nSPS) is 16.0. The fraction of sp³-hybridized carbons (Fsp3) is 0.727. The monoisotopic (exact) mass is 269 g/mol. The summed E-state index contributed by atoms with van der Waals surface area (Å²) in [7, 11) is 1.94. The third-order valence-corrected chi connectivity index (χ3v) is 4.09. The van der Waals surface area contributed by atoms with Gasteiger partial charge in [-0.15, -0.1) is 10.2 Å². The van der Waals surface area contributed by atoms with E-state index in [0.717, 1.165) is 42.9 Å². The van der Waals surface area contributed by atoms with Gasteiger partial charge in [0, 0.05) is 45.4 Å². The van der Waals surface area contributed by atoms with E-state index >= 15 is 0 Å². The van der Waals surface area contributed by atoms with E-state index in [0.29, 0.717) is 6.42 Å². The Bertz CT molecular complexity index is 414. The van der Waals surface area contributed by atoms with Gasteiger partial charge in [-0.3, -0.25) is 4.79 Å². The fourth-order valence-corrected chi connectivity index (χ4v) is 2.70. The number of rotatable bonds is 4. The minimum Gasteiger partial charge on any atom is -0.340 e. The second kappa shape index (κ2) is 6.19. The molecular formula is C11H19N5OS. The minimum atomic E-state index is 0.239. The number of amides is 1. The van der Waals surface area contributed by atoms with Crippen molar-refractivity contribution in [1.82, 2.24) is 25.0 Å². The summed E-state index contributed by atoms with van der Waals surface area (Å²) in [6.07, 6.45) is 0.566. The Kier molecular flexibility index (Phi) is 4.60. The van der Waals surface area contributed by atoms with Crippen molar-refractivity contribution in [1.29, 1.82) is 0 Å². The second-order valence-electron chi connectivity index (χ2n) is 4.32. The van der Waals surface area contributed by atoms with E-state index in [1.165, 1.54) is 0 Å². The van der Waals surface area contributed by atoms with Crippen molar-refractivity contribution in [3.63, 3.8) is 0 Å². The first kappa shape index (κ1) is 13.4. The molecular weight excluding hydrogens is 250 g/mol. The van der Waals surface area contributed by atoms with Crippen molar-refractivity contribution in [2.24, 2.45) is 7.05 Å². The molecule has 0 bridgehead atoms. The van der Waals surface area contributed by atoms with Crippen molar-refractivity contribution in [2.45, 2.75) is 18.5 Å². The first-order chi connectivity index (χ1) is 8.68. The number of carbonyl (C=O) groups is 1. The number of thioether (sulfide) groups is 1. The van der Waals surface area contributed by atoms with Gasteiger partial charge in [-0.2, -0.15) is 0 Å². The summed E-state index contributed by atoms with van der Waals surface area (Å²) in [5, 5.41) is 12.2. The zero-order valence-corrected chi connectivity index (χ0v) is 11.7. The summed E-state index contributed by atoms with van der Waals surface area (Å²) in [4.78, 5) is 13.8. The maximum atomic E-state index is 11.9. The molecule has 1 aliphatic heterocycles. The number of aromatic nitrogens is 3. The molecule has 0 saturated carbocycles. The molecule has 1 N–H and O–H groups in total. The van der Waals surface area contributed by atoms with Crippen LogP contribution in [0.1, 0.15) is 12.2 Å². The van der Waals surface area contributed by atoms with Crippen LogP contribution in [0, 0.1) is 6.92 Å². The molecule has 2 heterocycles. The molecule has 6 nitrogen and oxygen atoms in total. The average molecular weight is 269 g/mol. The number of carbonyl (C=O) groups excluding carboxylic acids is 1. The predicted octanol–water partition coefficient (Wildman–Crippen LogP) is 0.0375. The molecule has 0 spiro atoms. The van der Waals surface area contributed by atoms with Crippen LogP contribution in [0.15, 0.2) is 5.16 Å². The van der Waals surface area contributed by atoms with E-state index < -0.39 is 0 Å². The lowest BCUT2D eigenvalue weighted by molar-refractivity contribution is -0.131. The number of piperazine rings is 1. The van der Waals surface area contributed by atoms with Crippen molar-refractivity contribution >= 4 is 17.7 Å². The van der Waals surface area contributed by atoms with Crippen LogP contribution in [0.25, 0.3) is 0 Å². The van der Waals surface area contributed by atoms with Gasteiger partial charge in [0.1, 0.15) is 5.82 Å². The Morgan fingerprint density at radius 2 is 2.11 bits per heavy atom. The van der Waals surface area contributed by atoms with Gasteiger partial charge < -0.3 is 14.8 Å². The molecule has 1 aromatic heterocycles. The van der Waals surface area contributed by atoms with E-state index in [1.54, 1.807) is 11.8 Å². The van der Waals surface area contributed by atoms with Crippen molar-refractivity contribution in [2.75, 3.05) is 31.9 Å². The summed E-state index contributed by atoms with van der Waals surface area (Å²) < 4.78 is 1.94. The highest BCUT2D eigenvalue weighted by molar-refractivity contribution is 7.99. The molecule has 1 aliphatic rings. The van der Waals surface area contributed by atoms with Crippen LogP contribution in [0.5, 0.6) is 0 Å². The number of hydrogen-bond donors (Lipinski definition) is 1. The van der Waals surface area contributed by atoms with E-state index in [2.05, 4.69) is 15.5 Å². The van der Waals surface area contributed by atoms with Crippen LogP contribution < -0.4 is 5.32 Å². The van der Waals surface area contributed by atoms with Crippen LogP contribution in [-0.4, -0.2) is 57.5 Å². The first-order valence-electron chi connectivity index (χ1n) is 6.16. The summed E-state index contributed by atoms with van der Waals surface area (Å²) in [6, 6.07) is 0. The highest BCUT2D eigenvalue weighted by atomic mass is 32.2. The molecule has 7 heteroatoms. The molecule has 0 atom stereocenters. The third-order valence-electron chi connectivity index (χ3n) is 3.07. The van der Waals surface area contributed by atoms with Gasteiger partial charge in [0.05, 0.1) is 0 Å². The molecule has 0 aliphatic carbocycles. The lowest BCUT2D eigenvalue weighted by Gasteiger charge is -2.27. The van der Waals surface area contributed by atoms with Crippen molar-refractivity contribution < 1.29 is 4.79 Å².